The fourth-order valence-electron chi connectivity index (χ4n) is 7.25. The molecule has 0 bridgehead atoms. The highest BCUT2D eigenvalue weighted by Gasteiger charge is 2.76. The maximum Gasteiger partial charge on any atom is 0.380 e. The number of fused-ring (bicyclic) bond motifs is 3. The van der Waals surface area contributed by atoms with Crippen LogP contribution in [0.15, 0.2) is 12.1 Å². The van der Waals surface area contributed by atoms with Crippen LogP contribution in [-0.2, 0) is 16.7 Å². The number of ether oxygens (including phenoxy) is 1. The van der Waals surface area contributed by atoms with Gasteiger partial charge in [-0.15, -0.1) is 0 Å². The number of hydrogen-bond donors (Lipinski definition) is 2. The molecule has 0 amide bonds. The van der Waals surface area contributed by atoms with E-state index in [1.807, 2.05) is 13.0 Å². The Bertz CT molecular complexity index is 931. The van der Waals surface area contributed by atoms with Crippen LogP contribution in [0.25, 0.3) is 0 Å². The number of aryl methyl sites for hydroxylation is 1. The number of aliphatic hydroxyl groups excluding tert-OH is 1. The van der Waals surface area contributed by atoms with Gasteiger partial charge >= 0.3 is 10.3 Å². The number of hydrogen-bond acceptors (Lipinski definition) is 5. The van der Waals surface area contributed by atoms with Crippen molar-refractivity contribution in [2.24, 2.45) is 27.8 Å². The molecule has 3 fully saturated rings. The molecule has 7 heteroatoms. The van der Waals surface area contributed by atoms with E-state index in [9.17, 15) is 13.5 Å². The molecule has 154 valence electrons. The molecule has 0 heterocycles. The zero-order chi connectivity index (χ0) is 19.9. The summed E-state index contributed by atoms with van der Waals surface area (Å²) in [6.07, 6.45) is 6.12. The standard InChI is InChI=1S/C21H29NO5S/c1-3-26-17-10-15-12(8-18(17)27-28(22,24)25)4-5-16-14(15)6-7-20(2)19(23)9-13-11-21(13,16)20/h8,10,13-14,16,19,23H,3-7,9,11H2,1-2H3,(H2,22,24,25)/t13-,14?,16?,19+,20-,21+/m1/s1. The van der Waals surface area contributed by atoms with Crippen molar-refractivity contribution in [3.63, 3.8) is 0 Å². The average molecular weight is 408 g/mol. The van der Waals surface area contributed by atoms with Gasteiger partial charge in [-0.3, -0.25) is 0 Å². The topological polar surface area (TPSA) is 98.9 Å². The second-order valence-electron chi connectivity index (χ2n) is 9.41. The lowest BCUT2D eigenvalue weighted by Gasteiger charge is -2.52. The Morgan fingerprint density at radius 3 is 2.79 bits per heavy atom. The smallest absolute Gasteiger partial charge is 0.380 e. The molecular weight excluding hydrogens is 378 g/mol. The molecule has 1 aromatic carbocycles. The van der Waals surface area contributed by atoms with Gasteiger partial charge in [0.1, 0.15) is 0 Å². The summed E-state index contributed by atoms with van der Waals surface area (Å²) >= 11 is 0. The zero-order valence-electron chi connectivity index (χ0n) is 16.5. The molecule has 3 saturated carbocycles. The highest BCUT2D eigenvalue weighted by molar-refractivity contribution is 7.84. The Balaban J connectivity index is 1.55. The lowest BCUT2D eigenvalue weighted by atomic mass is 9.52. The molecule has 0 saturated heterocycles. The Kier molecular flexibility index (Phi) is 3.91. The molecule has 0 aromatic heterocycles. The molecule has 3 N–H and O–H groups in total. The van der Waals surface area contributed by atoms with Crippen LogP contribution in [0.1, 0.15) is 63.0 Å². The van der Waals surface area contributed by atoms with Crippen LogP contribution < -0.4 is 14.1 Å². The van der Waals surface area contributed by atoms with E-state index in [-0.39, 0.29) is 22.7 Å². The summed E-state index contributed by atoms with van der Waals surface area (Å²) in [6.45, 7) is 4.60. The summed E-state index contributed by atoms with van der Waals surface area (Å²) < 4.78 is 33.6. The van der Waals surface area contributed by atoms with Crippen LogP contribution in [-0.4, -0.2) is 26.2 Å². The van der Waals surface area contributed by atoms with Crippen LogP contribution in [0, 0.1) is 22.7 Å². The zero-order valence-corrected chi connectivity index (χ0v) is 17.3. The maximum atomic E-state index is 11.5. The Hall–Kier alpha value is -1.31. The molecule has 0 radical (unpaired) electrons. The minimum absolute atomic E-state index is 0.0514. The largest absolute Gasteiger partial charge is 0.490 e. The number of benzene rings is 1. The Labute approximate surface area is 166 Å². The van der Waals surface area contributed by atoms with Crippen molar-refractivity contribution in [1.82, 2.24) is 0 Å². The van der Waals surface area contributed by atoms with Crippen molar-refractivity contribution in [2.45, 2.75) is 64.4 Å². The van der Waals surface area contributed by atoms with Crippen LogP contribution in [0.5, 0.6) is 11.5 Å². The second-order valence-corrected chi connectivity index (χ2v) is 10.6. The van der Waals surface area contributed by atoms with Gasteiger partial charge in [-0.1, -0.05) is 6.92 Å². The van der Waals surface area contributed by atoms with Crippen LogP contribution in [0.2, 0.25) is 0 Å². The van der Waals surface area contributed by atoms with E-state index >= 15 is 0 Å². The highest BCUT2D eigenvalue weighted by Crippen LogP contribution is 2.81. The van der Waals surface area contributed by atoms with Gasteiger partial charge in [0.15, 0.2) is 11.5 Å². The molecule has 4 aliphatic rings. The summed E-state index contributed by atoms with van der Waals surface area (Å²) in [6, 6.07) is 3.79. The van der Waals surface area contributed by atoms with E-state index in [4.69, 9.17) is 14.1 Å². The van der Waals surface area contributed by atoms with Crippen molar-refractivity contribution in [3.05, 3.63) is 23.3 Å². The fourth-order valence-corrected chi connectivity index (χ4v) is 7.63. The normalized spacial score (nSPS) is 40.7. The first-order valence-corrected chi connectivity index (χ1v) is 11.9. The van der Waals surface area contributed by atoms with Crippen molar-refractivity contribution < 1.29 is 22.4 Å². The predicted molar refractivity (Wildman–Crippen MR) is 104 cm³/mol. The van der Waals surface area contributed by atoms with E-state index in [0.717, 1.165) is 37.7 Å². The Morgan fingerprint density at radius 1 is 1.29 bits per heavy atom. The monoisotopic (exact) mass is 407 g/mol. The molecule has 28 heavy (non-hydrogen) atoms. The molecule has 2 unspecified atom stereocenters. The fraction of sp³-hybridized carbons (Fsp3) is 0.714. The van der Waals surface area contributed by atoms with Gasteiger partial charge in [0.25, 0.3) is 0 Å². The average Bonchev–Trinajstić information content (AvgIpc) is 3.27. The molecule has 1 aromatic rings. The minimum Gasteiger partial charge on any atom is -0.490 e. The van der Waals surface area contributed by atoms with E-state index in [2.05, 4.69) is 6.92 Å². The second kappa shape index (κ2) is 5.86. The summed E-state index contributed by atoms with van der Waals surface area (Å²) in [5.74, 6) is 2.31. The van der Waals surface area contributed by atoms with Crippen molar-refractivity contribution in [1.29, 1.82) is 0 Å². The SMILES string of the molecule is CCOc1cc2c(cc1OS(N)(=O)=O)CCC1C2CC[C@]2(C)[C@@H](O)C[C@@H]3C[C@@]132. The van der Waals surface area contributed by atoms with Gasteiger partial charge in [-0.2, -0.15) is 13.6 Å². The quantitative estimate of drug-likeness (QED) is 0.800. The Morgan fingerprint density at radius 2 is 2.07 bits per heavy atom. The summed E-state index contributed by atoms with van der Waals surface area (Å²) in [7, 11) is -4.10. The van der Waals surface area contributed by atoms with Gasteiger partial charge in [0.05, 0.1) is 12.7 Å². The highest BCUT2D eigenvalue weighted by atomic mass is 32.2. The molecule has 6 nitrogen and oxygen atoms in total. The van der Waals surface area contributed by atoms with Gasteiger partial charge in [0.2, 0.25) is 0 Å². The van der Waals surface area contributed by atoms with Crippen LogP contribution in [0.4, 0.5) is 0 Å². The van der Waals surface area contributed by atoms with E-state index in [0.29, 0.717) is 30.1 Å². The summed E-state index contributed by atoms with van der Waals surface area (Å²) in [5.41, 5.74) is 2.74. The summed E-state index contributed by atoms with van der Waals surface area (Å²) in [5, 5.41) is 15.8. The van der Waals surface area contributed by atoms with E-state index in [1.54, 1.807) is 6.07 Å². The van der Waals surface area contributed by atoms with Crippen LogP contribution >= 0.6 is 0 Å². The van der Waals surface area contributed by atoms with Crippen molar-refractivity contribution in [2.75, 3.05) is 6.61 Å². The first-order valence-electron chi connectivity index (χ1n) is 10.4. The lowest BCUT2D eigenvalue weighted by Crippen LogP contribution is -2.47. The van der Waals surface area contributed by atoms with Crippen molar-refractivity contribution in [3.8, 4) is 11.5 Å². The molecular formula is C21H29NO5S. The third-order valence-electron chi connectivity index (χ3n) is 8.42. The number of aliphatic hydroxyl groups is 1. The van der Waals surface area contributed by atoms with E-state index in [1.165, 1.54) is 12.0 Å². The molecule has 1 spiro atoms. The van der Waals surface area contributed by atoms with Gasteiger partial charge in [-0.05, 0) is 97.3 Å². The lowest BCUT2D eigenvalue weighted by molar-refractivity contribution is -0.0558. The molecule has 4 aliphatic carbocycles. The van der Waals surface area contributed by atoms with Gasteiger partial charge < -0.3 is 14.0 Å². The first-order chi connectivity index (χ1) is 13.2. The van der Waals surface area contributed by atoms with Gasteiger partial charge in [0, 0.05) is 0 Å². The van der Waals surface area contributed by atoms with Crippen LogP contribution in [0.3, 0.4) is 0 Å². The number of nitrogens with two attached hydrogens (primary N) is 1. The summed E-state index contributed by atoms with van der Waals surface area (Å²) in [4.78, 5) is 0. The van der Waals surface area contributed by atoms with E-state index < -0.39 is 10.3 Å². The van der Waals surface area contributed by atoms with Gasteiger partial charge in [-0.25, -0.2) is 0 Å². The predicted octanol–water partition coefficient (Wildman–Crippen LogP) is 2.88. The first kappa shape index (κ1) is 18.7. The third-order valence-corrected chi connectivity index (χ3v) is 8.83. The molecule has 5 rings (SSSR count). The maximum absolute atomic E-state index is 11.5. The third kappa shape index (κ3) is 2.42. The molecule has 6 atom stereocenters. The van der Waals surface area contributed by atoms with Crippen molar-refractivity contribution >= 4 is 10.3 Å². The number of rotatable bonds is 4. The molecule has 0 aliphatic heterocycles. The minimum atomic E-state index is -4.10.